The number of aliphatic hydroxyl groups is 1. The summed E-state index contributed by atoms with van der Waals surface area (Å²) in [7, 11) is 2.90. The number of nitrogens with zero attached hydrogens (tertiary/aromatic N) is 1. The van der Waals surface area contributed by atoms with Crippen LogP contribution in [0.2, 0.25) is 0 Å². The average molecular weight is 330 g/mol. The van der Waals surface area contributed by atoms with Gasteiger partial charge in [-0.2, -0.15) is 0 Å². The summed E-state index contributed by atoms with van der Waals surface area (Å²) in [6, 6.07) is 2.11. The van der Waals surface area contributed by atoms with E-state index in [4.69, 9.17) is 9.47 Å². The zero-order valence-corrected chi connectivity index (χ0v) is 13.7. The molecular formula is C16H24F2N2O3. The predicted molar refractivity (Wildman–Crippen MR) is 83.5 cm³/mol. The summed E-state index contributed by atoms with van der Waals surface area (Å²) in [6.45, 7) is 2.77. The van der Waals surface area contributed by atoms with Gasteiger partial charge in [-0.15, -0.1) is 0 Å². The predicted octanol–water partition coefficient (Wildman–Crippen LogP) is 1.59. The van der Waals surface area contributed by atoms with Crippen LogP contribution in [-0.2, 0) is 0 Å². The van der Waals surface area contributed by atoms with Gasteiger partial charge < -0.3 is 19.9 Å². The standard InChI is InChI=1S/C16H24F2N2O3/c1-11-8-12(22-2)14(13(9-11)23-3)15(16(17,18)10-21)20-6-4-19-5-7-20/h8-9,15,19,21H,4-7,10H2,1-3H3/t15-/m0/s1. The van der Waals surface area contributed by atoms with Gasteiger partial charge in [0.2, 0.25) is 0 Å². The Labute approximate surface area is 135 Å². The molecule has 0 aliphatic carbocycles. The first-order valence-electron chi connectivity index (χ1n) is 7.60. The Kier molecular flexibility index (Phi) is 5.78. The van der Waals surface area contributed by atoms with E-state index in [0.29, 0.717) is 37.7 Å². The zero-order valence-electron chi connectivity index (χ0n) is 13.7. The number of halogens is 2. The van der Waals surface area contributed by atoms with E-state index in [1.165, 1.54) is 14.2 Å². The van der Waals surface area contributed by atoms with Crippen LogP contribution in [-0.4, -0.2) is 62.9 Å². The van der Waals surface area contributed by atoms with Gasteiger partial charge in [0, 0.05) is 26.2 Å². The van der Waals surface area contributed by atoms with Crippen LogP contribution in [0.15, 0.2) is 12.1 Å². The highest BCUT2D eigenvalue weighted by Gasteiger charge is 2.46. The fourth-order valence-electron chi connectivity index (χ4n) is 3.03. The van der Waals surface area contributed by atoms with E-state index in [1.807, 2.05) is 6.92 Å². The number of methoxy groups -OCH3 is 2. The van der Waals surface area contributed by atoms with Crippen molar-refractivity contribution in [3.05, 3.63) is 23.3 Å². The molecular weight excluding hydrogens is 306 g/mol. The molecule has 130 valence electrons. The minimum absolute atomic E-state index is 0.279. The van der Waals surface area contributed by atoms with Crippen LogP contribution in [0.4, 0.5) is 8.78 Å². The molecule has 0 radical (unpaired) electrons. The first-order valence-corrected chi connectivity index (χ1v) is 7.60. The molecule has 2 N–H and O–H groups in total. The lowest BCUT2D eigenvalue weighted by molar-refractivity contribution is -0.119. The van der Waals surface area contributed by atoms with E-state index in [2.05, 4.69) is 5.32 Å². The molecule has 0 aromatic heterocycles. The number of piperazine rings is 1. The van der Waals surface area contributed by atoms with E-state index in [-0.39, 0.29) is 5.56 Å². The number of rotatable bonds is 6. The molecule has 1 saturated heterocycles. The van der Waals surface area contributed by atoms with Gasteiger partial charge in [0.15, 0.2) is 0 Å². The third kappa shape index (κ3) is 3.73. The highest BCUT2D eigenvalue weighted by Crippen LogP contribution is 2.45. The lowest BCUT2D eigenvalue weighted by Crippen LogP contribution is -2.51. The fourth-order valence-corrected chi connectivity index (χ4v) is 3.03. The monoisotopic (exact) mass is 330 g/mol. The van der Waals surface area contributed by atoms with Gasteiger partial charge >= 0.3 is 0 Å². The van der Waals surface area contributed by atoms with Crippen LogP contribution in [0.3, 0.4) is 0 Å². The molecule has 5 nitrogen and oxygen atoms in total. The number of hydrogen-bond donors (Lipinski definition) is 2. The van der Waals surface area contributed by atoms with Crippen LogP contribution in [0.25, 0.3) is 0 Å². The van der Waals surface area contributed by atoms with Gasteiger partial charge in [0.25, 0.3) is 5.92 Å². The number of aryl methyl sites for hydroxylation is 1. The normalized spacial score (nSPS) is 17.8. The lowest BCUT2D eigenvalue weighted by atomic mass is 9.95. The topological polar surface area (TPSA) is 54.0 Å². The Balaban J connectivity index is 2.58. The number of alkyl halides is 2. The Morgan fingerprint density at radius 2 is 1.74 bits per heavy atom. The summed E-state index contributed by atoms with van der Waals surface area (Å²) < 4.78 is 39.9. The van der Waals surface area contributed by atoms with E-state index < -0.39 is 18.6 Å². The maximum atomic E-state index is 14.6. The number of benzene rings is 1. The summed E-state index contributed by atoms with van der Waals surface area (Å²) in [5.41, 5.74) is 1.13. The fraction of sp³-hybridized carbons (Fsp3) is 0.625. The summed E-state index contributed by atoms with van der Waals surface area (Å²) in [6.07, 6.45) is 0. The summed E-state index contributed by atoms with van der Waals surface area (Å²) in [5, 5.41) is 12.4. The second-order valence-corrected chi connectivity index (χ2v) is 5.69. The maximum Gasteiger partial charge on any atom is 0.290 e. The first-order chi connectivity index (χ1) is 10.9. The van der Waals surface area contributed by atoms with Crippen molar-refractivity contribution in [3.8, 4) is 11.5 Å². The molecule has 1 aliphatic heterocycles. The Morgan fingerprint density at radius 3 is 2.17 bits per heavy atom. The van der Waals surface area contributed by atoms with Gasteiger partial charge in [-0.25, -0.2) is 8.78 Å². The SMILES string of the molecule is COc1cc(C)cc(OC)c1[C@H](N1CCNCC1)C(F)(F)CO. The van der Waals surface area contributed by atoms with Gasteiger partial charge in [0.05, 0.1) is 19.8 Å². The Morgan fingerprint density at radius 1 is 1.22 bits per heavy atom. The highest BCUT2D eigenvalue weighted by atomic mass is 19.3. The van der Waals surface area contributed by atoms with E-state index in [9.17, 15) is 13.9 Å². The molecule has 0 bridgehead atoms. The van der Waals surface area contributed by atoms with Gasteiger partial charge in [-0.1, -0.05) is 0 Å². The minimum atomic E-state index is -3.31. The number of aliphatic hydroxyl groups excluding tert-OH is 1. The molecule has 1 aromatic carbocycles. The molecule has 0 spiro atoms. The molecule has 1 heterocycles. The molecule has 7 heteroatoms. The summed E-state index contributed by atoms with van der Waals surface area (Å²) in [4.78, 5) is 1.67. The van der Waals surface area contributed by atoms with Crippen molar-refractivity contribution in [3.63, 3.8) is 0 Å². The minimum Gasteiger partial charge on any atom is -0.496 e. The quantitative estimate of drug-likeness (QED) is 0.830. The lowest BCUT2D eigenvalue weighted by Gasteiger charge is -2.39. The van der Waals surface area contributed by atoms with Crippen LogP contribution in [0.1, 0.15) is 17.2 Å². The maximum absolute atomic E-state index is 14.6. The highest BCUT2D eigenvalue weighted by molar-refractivity contribution is 5.50. The van der Waals surface area contributed by atoms with Crippen molar-refractivity contribution < 1.29 is 23.4 Å². The van der Waals surface area contributed by atoms with Crippen LogP contribution in [0.5, 0.6) is 11.5 Å². The third-order valence-corrected chi connectivity index (χ3v) is 4.09. The molecule has 2 rings (SSSR count). The largest absolute Gasteiger partial charge is 0.496 e. The average Bonchev–Trinajstić information content (AvgIpc) is 2.56. The van der Waals surface area contributed by atoms with Gasteiger partial charge in [-0.3, -0.25) is 4.90 Å². The zero-order chi connectivity index (χ0) is 17.0. The Bertz CT molecular complexity index is 509. The molecule has 0 unspecified atom stereocenters. The molecule has 0 saturated carbocycles. The summed E-state index contributed by atoms with van der Waals surface area (Å²) in [5.74, 6) is -2.62. The van der Waals surface area contributed by atoms with Crippen molar-refractivity contribution >= 4 is 0 Å². The van der Waals surface area contributed by atoms with Crippen molar-refractivity contribution in [2.24, 2.45) is 0 Å². The van der Waals surface area contributed by atoms with Crippen molar-refractivity contribution in [1.29, 1.82) is 0 Å². The Hall–Kier alpha value is -1.44. The molecule has 0 amide bonds. The first kappa shape index (κ1) is 17.9. The number of ether oxygens (including phenoxy) is 2. The van der Waals surface area contributed by atoms with Crippen LogP contribution < -0.4 is 14.8 Å². The second kappa shape index (κ2) is 7.42. The molecule has 1 aromatic rings. The van der Waals surface area contributed by atoms with E-state index in [0.717, 1.165) is 5.56 Å². The molecule has 1 atom stereocenters. The summed E-state index contributed by atoms with van der Waals surface area (Å²) >= 11 is 0. The van der Waals surface area contributed by atoms with Gasteiger partial charge in [0.1, 0.15) is 24.1 Å². The third-order valence-electron chi connectivity index (χ3n) is 4.09. The van der Waals surface area contributed by atoms with Crippen LogP contribution >= 0.6 is 0 Å². The van der Waals surface area contributed by atoms with Crippen LogP contribution in [0, 0.1) is 6.92 Å². The number of nitrogens with one attached hydrogen (secondary N) is 1. The number of hydrogen-bond acceptors (Lipinski definition) is 5. The van der Waals surface area contributed by atoms with Crippen molar-refractivity contribution in [2.45, 2.75) is 18.9 Å². The van der Waals surface area contributed by atoms with Gasteiger partial charge in [-0.05, 0) is 24.6 Å². The second-order valence-electron chi connectivity index (χ2n) is 5.69. The molecule has 1 aliphatic rings. The molecule has 23 heavy (non-hydrogen) atoms. The van der Waals surface area contributed by atoms with E-state index >= 15 is 0 Å². The smallest absolute Gasteiger partial charge is 0.290 e. The van der Waals surface area contributed by atoms with Crippen molar-refractivity contribution in [1.82, 2.24) is 10.2 Å². The van der Waals surface area contributed by atoms with Crippen molar-refractivity contribution in [2.75, 3.05) is 47.0 Å². The molecule has 1 fully saturated rings. The van der Waals surface area contributed by atoms with E-state index in [1.54, 1.807) is 17.0 Å².